The second kappa shape index (κ2) is 10.1. The first kappa shape index (κ1) is 22.2. The summed E-state index contributed by atoms with van der Waals surface area (Å²) in [5.41, 5.74) is 0.840. The zero-order chi connectivity index (χ0) is 22.5. The number of halogens is 2. The summed E-state index contributed by atoms with van der Waals surface area (Å²) in [6, 6.07) is 16.6. The Kier molecular flexibility index (Phi) is 6.96. The Hall–Kier alpha value is -3.04. The van der Waals surface area contributed by atoms with Gasteiger partial charge in [0.05, 0.1) is 10.9 Å². The van der Waals surface area contributed by atoms with Gasteiger partial charge < -0.3 is 5.32 Å². The molecular weight excluding hydrogens is 450 g/mol. The Morgan fingerprint density at radius 1 is 1.12 bits per heavy atom. The number of thioether (sulfide) groups is 1. The van der Waals surface area contributed by atoms with Gasteiger partial charge in [-0.15, -0.1) is 21.5 Å². The fraction of sp³-hybridized carbons (Fsp3) is 0.174. The molecule has 2 heterocycles. The highest BCUT2D eigenvalue weighted by Gasteiger charge is 2.23. The number of thiophene rings is 1. The van der Waals surface area contributed by atoms with Crippen molar-refractivity contribution in [3.05, 3.63) is 82.6 Å². The van der Waals surface area contributed by atoms with Crippen LogP contribution < -0.4 is 5.32 Å². The molecule has 0 fully saturated rings. The lowest BCUT2D eigenvalue weighted by molar-refractivity contribution is -0.120. The van der Waals surface area contributed by atoms with Crippen molar-refractivity contribution in [2.75, 3.05) is 6.54 Å². The Bertz CT molecular complexity index is 1200. The normalized spacial score (nSPS) is 12.0. The fourth-order valence-electron chi connectivity index (χ4n) is 3.12. The molecule has 4 aromatic rings. The van der Waals surface area contributed by atoms with Crippen LogP contribution in [0.1, 0.15) is 11.8 Å². The SMILES string of the molecule is CC(Sc1nnc(-c2ccccc2)n1-c1ccc(F)cc1F)C(=O)NCCc1cccs1. The van der Waals surface area contributed by atoms with E-state index in [1.54, 1.807) is 18.3 Å². The molecule has 0 spiro atoms. The van der Waals surface area contributed by atoms with E-state index in [9.17, 15) is 13.6 Å². The van der Waals surface area contributed by atoms with Gasteiger partial charge in [0.1, 0.15) is 11.6 Å². The third kappa shape index (κ3) is 5.05. The lowest BCUT2D eigenvalue weighted by atomic mass is 10.2. The van der Waals surface area contributed by atoms with E-state index in [-0.39, 0.29) is 11.6 Å². The lowest BCUT2D eigenvalue weighted by Gasteiger charge is -2.14. The van der Waals surface area contributed by atoms with E-state index in [0.29, 0.717) is 17.5 Å². The average Bonchev–Trinajstić information content (AvgIpc) is 3.45. The Labute approximate surface area is 192 Å². The fourth-order valence-corrected chi connectivity index (χ4v) is 4.71. The van der Waals surface area contributed by atoms with Crippen LogP contribution in [0, 0.1) is 11.6 Å². The molecule has 0 aliphatic heterocycles. The maximum atomic E-state index is 14.7. The molecule has 0 saturated carbocycles. The van der Waals surface area contributed by atoms with Gasteiger partial charge in [0.25, 0.3) is 0 Å². The average molecular weight is 471 g/mol. The van der Waals surface area contributed by atoms with Gasteiger partial charge in [-0.25, -0.2) is 8.78 Å². The van der Waals surface area contributed by atoms with Crippen LogP contribution >= 0.6 is 23.1 Å². The third-order valence-electron chi connectivity index (χ3n) is 4.72. The van der Waals surface area contributed by atoms with Crippen molar-refractivity contribution in [2.24, 2.45) is 0 Å². The number of carbonyl (C=O) groups is 1. The van der Waals surface area contributed by atoms with E-state index in [1.807, 2.05) is 47.8 Å². The molecule has 4 rings (SSSR count). The maximum Gasteiger partial charge on any atom is 0.233 e. The zero-order valence-corrected chi connectivity index (χ0v) is 18.8. The first-order valence-corrected chi connectivity index (χ1v) is 11.7. The van der Waals surface area contributed by atoms with Crippen molar-refractivity contribution in [2.45, 2.75) is 23.8 Å². The minimum atomic E-state index is -0.739. The smallest absolute Gasteiger partial charge is 0.233 e. The minimum Gasteiger partial charge on any atom is -0.355 e. The summed E-state index contributed by atoms with van der Waals surface area (Å²) in [5, 5.41) is 13.2. The molecule has 9 heteroatoms. The van der Waals surface area contributed by atoms with E-state index in [1.165, 1.54) is 33.3 Å². The van der Waals surface area contributed by atoms with Crippen LogP contribution in [-0.2, 0) is 11.2 Å². The number of carbonyl (C=O) groups excluding carboxylic acids is 1. The number of benzene rings is 2. The maximum absolute atomic E-state index is 14.7. The predicted molar refractivity (Wildman–Crippen MR) is 123 cm³/mol. The topological polar surface area (TPSA) is 59.8 Å². The molecule has 2 aromatic carbocycles. The third-order valence-corrected chi connectivity index (χ3v) is 6.70. The molecule has 0 saturated heterocycles. The summed E-state index contributed by atoms with van der Waals surface area (Å²) in [6.07, 6.45) is 0.760. The van der Waals surface area contributed by atoms with Crippen molar-refractivity contribution in [3.63, 3.8) is 0 Å². The molecule has 0 aliphatic carbocycles. The summed E-state index contributed by atoms with van der Waals surface area (Å²) >= 11 is 2.82. The first-order chi connectivity index (χ1) is 15.5. The van der Waals surface area contributed by atoms with Gasteiger partial charge in [0, 0.05) is 23.1 Å². The second-order valence-electron chi connectivity index (χ2n) is 6.98. The van der Waals surface area contributed by atoms with Crippen molar-refractivity contribution in [1.29, 1.82) is 0 Å². The summed E-state index contributed by atoms with van der Waals surface area (Å²) in [4.78, 5) is 13.8. The van der Waals surface area contributed by atoms with E-state index in [4.69, 9.17) is 0 Å². The van der Waals surface area contributed by atoms with Crippen LogP contribution in [-0.4, -0.2) is 32.5 Å². The monoisotopic (exact) mass is 470 g/mol. The number of rotatable bonds is 8. The van der Waals surface area contributed by atoms with E-state index < -0.39 is 16.9 Å². The van der Waals surface area contributed by atoms with Crippen molar-refractivity contribution in [1.82, 2.24) is 20.1 Å². The number of aromatic nitrogens is 3. The van der Waals surface area contributed by atoms with Gasteiger partial charge >= 0.3 is 0 Å². The van der Waals surface area contributed by atoms with Gasteiger partial charge in [-0.1, -0.05) is 48.2 Å². The van der Waals surface area contributed by atoms with Crippen molar-refractivity contribution >= 4 is 29.0 Å². The molecule has 32 heavy (non-hydrogen) atoms. The summed E-state index contributed by atoms with van der Waals surface area (Å²) in [6.45, 7) is 2.28. The Morgan fingerprint density at radius 3 is 2.66 bits per heavy atom. The molecule has 1 amide bonds. The van der Waals surface area contributed by atoms with Crippen LogP contribution in [0.2, 0.25) is 0 Å². The predicted octanol–water partition coefficient (Wildman–Crippen LogP) is 5.11. The molecule has 0 bridgehead atoms. The molecule has 1 N–H and O–H groups in total. The van der Waals surface area contributed by atoms with Gasteiger partial charge in [-0.05, 0) is 36.9 Å². The molecule has 2 aromatic heterocycles. The summed E-state index contributed by atoms with van der Waals surface area (Å²) in [5.74, 6) is -1.16. The number of hydrogen-bond donors (Lipinski definition) is 1. The molecule has 164 valence electrons. The number of nitrogens with one attached hydrogen (secondary N) is 1. The summed E-state index contributed by atoms with van der Waals surface area (Å²) in [7, 11) is 0. The molecule has 0 radical (unpaired) electrons. The standard InChI is InChI=1S/C23H20F2N4OS2/c1-15(22(30)26-12-11-18-8-5-13-31-18)32-23-28-27-21(16-6-3-2-4-7-16)29(23)20-10-9-17(24)14-19(20)25/h2-10,13-15H,11-12H2,1H3,(H,26,30). The molecule has 0 aliphatic rings. The molecule has 1 atom stereocenters. The van der Waals surface area contributed by atoms with Crippen LogP contribution in [0.3, 0.4) is 0 Å². The van der Waals surface area contributed by atoms with E-state index in [0.717, 1.165) is 18.1 Å². The number of hydrogen-bond acceptors (Lipinski definition) is 5. The van der Waals surface area contributed by atoms with Gasteiger partial charge in [-0.3, -0.25) is 9.36 Å². The highest BCUT2D eigenvalue weighted by atomic mass is 32.2. The van der Waals surface area contributed by atoms with E-state index in [2.05, 4.69) is 15.5 Å². The minimum absolute atomic E-state index is 0.114. The highest BCUT2D eigenvalue weighted by Crippen LogP contribution is 2.31. The van der Waals surface area contributed by atoms with Crippen molar-refractivity contribution in [3.8, 4) is 17.1 Å². The Balaban J connectivity index is 1.58. The van der Waals surface area contributed by atoms with Gasteiger partial charge in [0.15, 0.2) is 11.0 Å². The number of nitrogens with zero attached hydrogens (tertiary/aromatic N) is 3. The van der Waals surface area contributed by atoms with Crippen LogP contribution in [0.4, 0.5) is 8.78 Å². The van der Waals surface area contributed by atoms with Crippen LogP contribution in [0.15, 0.2) is 71.2 Å². The van der Waals surface area contributed by atoms with E-state index >= 15 is 0 Å². The quantitative estimate of drug-likeness (QED) is 0.364. The largest absolute Gasteiger partial charge is 0.355 e. The molecule has 1 unspecified atom stereocenters. The lowest BCUT2D eigenvalue weighted by Crippen LogP contribution is -2.32. The number of amides is 1. The highest BCUT2D eigenvalue weighted by molar-refractivity contribution is 8.00. The summed E-state index contributed by atoms with van der Waals surface area (Å²) < 4.78 is 29.7. The molecular formula is C23H20F2N4OS2. The molecule has 5 nitrogen and oxygen atoms in total. The first-order valence-electron chi connectivity index (χ1n) is 9.96. The Morgan fingerprint density at radius 2 is 1.94 bits per heavy atom. The van der Waals surface area contributed by atoms with Crippen molar-refractivity contribution < 1.29 is 13.6 Å². The second-order valence-corrected chi connectivity index (χ2v) is 9.32. The van der Waals surface area contributed by atoms with Crippen LogP contribution in [0.25, 0.3) is 17.1 Å². The van der Waals surface area contributed by atoms with Crippen LogP contribution in [0.5, 0.6) is 0 Å². The van der Waals surface area contributed by atoms with Gasteiger partial charge in [-0.2, -0.15) is 0 Å². The zero-order valence-electron chi connectivity index (χ0n) is 17.2. The van der Waals surface area contributed by atoms with Gasteiger partial charge in [0.2, 0.25) is 5.91 Å².